The van der Waals surface area contributed by atoms with Gasteiger partial charge >= 0.3 is 0 Å². The van der Waals surface area contributed by atoms with Crippen molar-refractivity contribution in [1.82, 2.24) is 24.6 Å². The number of rotatable bonds is 4. The first-order valence-electron chi connectivity index (χ1n) is 8.46. The maximum atomic E-state index is 11.2. The molecule has 1 aromatic carbocycles. The van der Waals surface area contributed by atoms with Crippen LogP contribution in [-0.4, -0.2) is 55.8 Å². The molecular weight excluding hydrogens is 334 g/mol. The number of hydrogen-bond donors (Lipinski definition) is 0. The van der Waals surface area contributed by atoms with Crippen LogP contribution in [0, 0.1) is 10.1 Å². The van der Waals surface area contributed by atoms with Crippen molar-refractivity contribution in [3.05, 3.63) is 52.5 Å². The number of anilines is 1. The fraction of sp³-hybridized carbons (Fsp3) is 0.353. The first-order valence-corrected chi connectivity index (χ1v) is 8.46. The molecule has 0 aliphatic carbocycles. The Morgan fingerprint density at radius 2 is 1.92 bits per heavy atom. The van der Waals surface area contributed by atoms with Crippen molar-refractivity contribution in [2.75, 3.05) is 31.1 Å². The quantitative estimate of drug-likeness (QED) is 0.519. The third-order valence-corrected chi connectivity index (χ3v) is 4.76. The van der Waals surface area contributed by atoms with E-state index in [0.29, 0.717) is 6.54 Å². The Kier molecular flexibility index (Phi) is 4.21. The highest BCUT2D eigenvalue weighted by Gasteiger charge is 2.23. The summed E-state index contributed by atoms with van der Waals surface area (Å²) in [6.45, 7) is 3.83. The molecule has 0 bridgehead atoms. The molecule has 1 aliphatic heterocycles. The van der Waals surface area contributed by atoms with E-state index in [1.165, 1.54) is 0 Å². The molecule has 26 heavy (non-hydrogen) atoms. The van der Waals surface area contributed by atoms with Crippen LogP contribution in [0.5, 0.6) is 0 Å². The molecule has 134 valence electrons. The number of nitro benzene ring substituents is 1. The average Bonchev–Trinajstić information content (AvgIpc) is 3.04. The van der Waals surface area contributed by atoms with Gasteiger partial charge in [0.15, 0.2) is 5.65 Å². The molecule has 4 rings (SSSR count). The van der Waals surface area contributed by atoms with Crippen LogP contribution in [-0.2, 0) is 13.6 Å². The van der Waals surface area contributed by atoms with Gasteiger partial charge < -0.3 is 4.90 Å². The van der Waals surface area contributed by atoms with Gasteiger partial charge in [-0.3, -0.25) is 19.7 Å². The topological polar surface area (TPSA) is 93.2 Å². The molecule has 0 unspecified atom stereocenters. The fourth-order valence-corrected chi connectivity index (χ4v) is 3.38. The van der Waals surface area contributed by atoms with E-state index in [-0.39, 0.29) is 10.6 Å². The Morgan fingerprint density at radius 3 is 2.69 bits per heavy atom. The summed E-state index contributed by atoms with van der Waals surface area (Å²) in [5.74, 6) is 0.897. The molecular formula is C17H19N7O2. The van der Waals surface area contributed by atoms with Crippen molar-refractivity contribution < 1.29 is 4.92 Å². The van der Waals surface area contributed by atoms with Crippen LogP contribution in [0.2, 0.25) is 0 Å². The van der Waals surface area contributed by atoms with Crippen molar-refractivity contribution >= 4 is 22.5 Å². The average molecular weight is 353 g/mol. The van der Waals surface area contributed by atoms with Gasteiger partial charge in [-0.1, -0.05) is 18.2 Å². The van der Waals surface area contributed by atoms with E-state index in [1.807, 2.05) is 19.2 Å². The van der Waals surface area contributed by atoms with E-state index >= 15 is 0 Å². The van der Waals surface area contributed by atoms with Crippen LogP contribution in [0.15, 0.2) is 36.8 Å². The predicted octanol–water partition coefficient (Wildman–Crippen LogP) is 1.59. The number of aromatic nitrogens is 4. The second kappa shape index (κ2) is 6.68. The molecule has 0 N–H and O–H groups in total. The van der Waals surface area contributed by atoms with Crippen LogP contribution in [0.3, 0.4) is 0 Å². The standard InChI is InChI=1S/C17H19N7O2/c1-21-16-14(10-20-21)17(19-12-18-16)23-8-6-22(7-9-23)11-13-4-2-3-5-15(13)24(25)26/h2-5,10,12H,6-9,11H2,1H3. The molecule has 1 saturated heterocycles. The van der Waals surface area contributed by atoms with E-state index in [4.69, 9.17) is 0 Å². The first-order chi connectivity index (χ1) is 12.6. The third kappa shape index (κ3) is 2.97. The van der Waals surface area contributed by atoms with Gasteiger partial charge in [-0.25, -0.2) is 9.97 Å². The second-order valence-electron chi connectivity index (χ2n) is 6.35. The second-order valence-corrected chi connectivity index (χ2v) is 6.35. The molecule has 0 amide bonds. The predicted molar refractivity (Wildman–Crippen MR) is 96.9 cm³/mol. The van der Waals surface area contributed by atoms with Gasteiger partial charge in [0, 0.05) is 51.4 Å². The highest BCUT2D eigenvalue weighted by atomic mass is 16.6. The Balaban J connectivity index is 1.47. The number of nitrogens with zero attached hydrogens (tertiary/aromatic N) is 7. The monoisotopic (exact) mass is 353 g/mol. The minimum atomic E-state index is -0.314. The van der Waals surface area contributed by atoms with Crippen LogP contribution in [0.1, 0.15) is 5.56 Å². The minimum absolute atomic E-state index is 0.183. The van der Waals surface area contributed by atoms with Gasteiger partial charge in [0.05, 0.1) is 16.5 Å². The lowest BCUT2D eigenvalue weighted by molar-refractivity contribution is -0.385. The van der Waals surface area contributed by atoms with Crippen molar-refractivity contribution in [3.8, 4) is 0 Å². The van der Waals surface area contributed by atoms with Crippen molar-refractivity contribution in [1.29, 1.82) is 0 Å². The summed E-state index contributed by atoms with van der Waals surface area (Å²) in [5, 5.41) is 16.4. The van der Waals surface area contributed by atoms with Gasteiger partial charge in [0.1, 0.15) is 12.1 Å². The van der Waals surface area contributed by atoms with Gasteiger partial charge in [-0.2, -0.15) is 5.10 Å². The lowest BCUT2D eigenvalue weighted by atomic mass is 10.1. The normalized spacial score (nSPS) is 15.5. The lowest BCUT2D eigenvalue weighted by Crippen LogP contribution is -2.46. The zero-order valence-corrected chi connectivity index (χ0v) is 14.4. The van der Waals surface area contributed by atoms with Crippen LogP contribution < -0.4 is 4.90 Å². The Labute approximate surface area is 150 Å². The van der Waals surface area contributed by atoms with Crippen molar-refractivity contribution in [2.45, 2.75) is 6.54 Å². The zero-order chi connectivity index (χ0) is 18.1. The number of fused-ring (bicyclic) bond motifs is 1. The number of benzene rings is 1. The Hall–Kier alpha value is -3.07. The highest BCUT2D eigenvalue weighted by molar-refractivity contribution is 5.86. The highest BCUT2D eigenvalue weighted by Crippen LogP contribution is 2.24. The lowest BCUT2D eigenvalue weighted by Gasteiger charge is -2.35. The van der Waals surface area contributed by atoms with Gasteiger partial charge in [-0.05, 0) is 0 Å². The molecule has 1 fully saturated rings. The molecule has 0 spiro atoms. The number of hydrogen-bond acceptors (Lipinski definition) is 7. The SMILES string of the molecule is Cn1ncc2c(N3CCN(Cc4ccccc4[N+](=O)[O-])CC3)ncnc21. The van der Waals surface area contributed by atoms with Crippen LogP contribution in [0.25, 0.3) is 11.0 Å². The molecule has 1 aliphatic rings. The summed E-state index contributed by atoms with van der Waals surface area (Å²) in [6.07, 6.45) is 3.36. The van der Waals surface area contributed by atoms with Crippen LogP contribution in [0.4, 0.5) is 11.5 Å². The summed E-state index contributed by atoms with van der Waals surface area (Å²) in [7, 11) is 1.86. The third-order valence-electron chi connectivity index (χ3n) is 4.76. The number of piperazine rings is 1. The smallest absolute Gasteiger partial charge is 0.273 e. The summed E-state index contributed by atoms with van der Waals surface area (Å²) >= 11 is 0. The van der Waals surface area contributed by atoms with Crippen LogP contribution >= 0.6 is 0 Å². The fourth-order valence-electron chi connectivity index (χ4n) is 3.38. The maximum Gasteiger partial charge on any atom is 0.273 e. The molecule has 3 aromatic rings. The van der Waals surface area contributed by atoms with Gasteiger partial charge in [0.25, 0.3) is 5.69 Å². The largest absolute Gasteiger partial charge is 0.353 e. The van der Waals surface area contributed by atoms with E-state index in [9.17, 15) is 10.1 Å². The van der Waals surface area contributed by atoms with Gasteiger partial charge in [0.2, 0.25) is 0 Å². The number of aryl methyl sites for hydroxylation is 1. The Morgan fingerprint density at radius 1 is 1.15 bits per heavy atom. The van der Waals surface area contributed by atoms with E-state index in [0.717, 1.165) is 48.6 Å². The molecule has 9 heteroatoms. The molecule has 2 aromatic heterocycles. The van der Waals surface area contributed by atoms with E-state index < -0.39 is 0 Å². The minimum Gasteiger partial charge on any atom is -0.353 e. The zero-order valence-electron chi connectivity index (χ0n) is 14.4. The number of nitro groups is 1. The summed E-state index contributed by atoms with van der Waals surface area (Å²) in [4.78, 5) is 24.1. The Bertz CT molecular complexity index is 947. The summed E-state index contributed by atoms with van der Waals surface area (Å²) in [6, 6.07) is 6.94. The van der Waals surface area contributed by atoms with Crippen molar-refractivity contribution in [3.63, 3.8) is 0 Å². The van der Waals surface area contributed by atoms with Gasteiger partial charge in [-0.15, -0.1) is 0 Å². The molecule has 3 heterocycles. The molecule has 0 saturated carbocycles. The maximum absolute atomic E-state index is 11.2. The molecule has 0 radical (unpaired) electrons. The summed E-state index contributed by atoms with van der Waals surface area (Å²) in [5.41, 5.74) is 1.75. The first kappa shape index (κ1) is 16.4. The molecule has 0 atom stereocenters. The van der Waals surface area contributed by atoms with Crippen molar-refractivity contribution in [2.24, 2.45) is 7.05 Å². The number of para-hydroxylation sites is 1. The molecule has 9 nitrogen and oxygen atoms in total. The van der Waals surface area contributed by atoms with E-state index in [1.54, 1.807) is 29.3 Å². The summed E-state index contributed by atoms with van der Waals surface area (Å²) < 4.78 is 1.74. The van der Waals surface area contributed by atoms with E-state index in [2.05, 4.69) is 24.9 Å².